The van der Waals surface area contributed by atoms with Crippen LogP contribution in [0.3, 0.4) is 0 Å². The number of anilines is 4. The van der Waals surface area contributed by atoms with Crippen molar-refractivity contribution in [2.75, 3.05) is 40.2 Å². The largest absolute Gasteiger partial charge is 0.368 e. The maximum Gasteiger partial charge on any atom is 0.282 e. The van der Waals surface area contributed by atoms with E-state index in [2.05, 4.69) is 33.9 Å². The van der Waals surface area contributed by atoms with Gasteiger partial charge in [0, 0.05) is 47.4 Å². The summed E-state index contributed by atoms with van der Waals surface area (Å²) in [4.78, 5) is 7.87. The number of rotatable bonds is 9. The Hall–Kier alpha value is -1.82. The van der Waals surface area contributed by atoms with Crippen molar-refractivity contribution in [1.82, 2.24) is 9.88 Å². The summed E-state index contributed by atoms with van der Waals surface area (Å²) in [5, 5.41) is 5.18. The van der Waals surface area contributed by atoms with E-state index in [1.165, 1.54) is 10.9 Å². The molecule has 36 heavy (non-hydrogen) atoms. The Kier molecular flexibility index (Phi) is 8.53. The minimum absolute atomic E-state index is 0.0154. The average Bonchev–Trinajstić information content (AvgIpc) is 3.55. The topological polar surface area (TPSA) is 68.8 Å². The van der Waals surface area contributed by atoms with Crippen LogP contribution in [0, 0.1) is 5.82 Å². The van der Waals surface area contributed by atoms with Crippen molar-refractivity contribution in [3.8, 4) is 0 Å². The highest BCUT2D eigenvalue weighted by Gasteiger charge is 2.30. The number of benzene rings is 2. The third kappa shape index (κ3) is 5.54. The van der Waals surface area contributed by atoms with Crippen molar-refractivity contribution in [1.29, 1.82) is 0 Å². The van der Waals surface area contributed by atoms with Gasteiger partial charge in [-0.15, -0.1) is 11.3 Å². The Morgan fingerprint density at radius 2 is 1.94 bits per heavy atom. The quantitative estimate of drug-likeness (QED) is 0.282. The molecule has 3 aromatic rings. The molecular formula is C23H25Cl3FN5O2S2. The van der Waals surface area contributed by atoms with Gasteiger partial charge in [-0.3, -0.25) is 4.90 Å². The van der Waals surface area contributed by atoms with E-state index in [0.717, 1.165) is 61.8 Å². The SMILES string of the molecule is CCN(CC)C1CCN(c2cc(Cl)ccc2Nc2cc(F)c(S(=O)(=O)N(Cl)c3cscn3)cc2Cl)C1. The van der Waals surface area contributed by atoms with Crippen molar-refractivity contribution < 1.29 is 12.8 Å². The first kappa shape index (κ1) is 27.2. The van der Waals surface area contributed by atoms with Crippen LogP contribution in [0.25, 0.3) is 0 Å². The summed E-state index contributed by atoms with van der Waals surface area (Å²) in [6.07, 6.45) is 1.02. The summed E-state index contributed by atoms with van der Waals surface area (Å²) in [6, 6.07) is 7.89. The molecule has 0 amide bonds. The molecule has 0 aliphatic carbocycles. The molecule has 7 nitrogen and oxygen atoms in total. The second-order valence-corrected chi connectivity index (χ2v) is 12.1. The van der Waals surface area contributed by atoms with Crippen LogP contribution >= 0.6 is 46.3 Å². The van der Waals surface area contributed by atoms with Crippen LogP contribution in [0.15, 0.2) is 46.1 Å². The van der Waals surface area contributed by atoms with Gasteiger partial charge < -0.3 is 10.2 Å². The van der Waals surface area contributed by atoms with Crippen molar-refractivity contribution >= 4 is 79.2 Å². The number of sulfonamides is 1. The highest BCUT2D eigenvalue weighted by Crippen LogP contribution is 2.38. The molecule has 2 heterocycles. The lowest BCUT2D eigenvalue weighted by Crippen LogP contribution is -2.37. The van der Waals surface area contributed by atoms with Gasteiger partial charge >= 0.3 is 0 Å². The van der Waals surface area contributed by atoms with E-state index in [0.29, 0.717) is 20.6 Å². The second kappa shape index (κ2) is 11.3. The molecule has 13 heteroatoms. The molecule has 1 aliphatic heterocycles. The first-order chi connectivity index (χ1) is 17.1. The highest BCUT2D eigenvalue weighted by molar-refractivity contribution is 7.94. The predicted octanol–water partition coefficient (Wildman–Crippen LogP) is 6.60. The van der Waals surface area contributed by atoms with E-state index in [4.69, 9.17) is 35.0 Å². The third-order valence-electron chi connectivity index (χ3n) is 6.17. The van der Waals surface area contributed by atoms with E-state index >= 15 is 4.39 Å². The minimum atomic E-state index is -4.43. The lowest BCUT2D eigenvalue weighted by molar-refractivity contribution is 0.232. The third-order valence-corrected chi connectivity index (χ3v) is 9.49. The molecule has 2 aromatic carbocycles. The normalized spacial score (nSPS) is 16.1. The molecule has 194 valence electrons. The van der Waals surface area contributed by atoms with Gasteiger partial charge in [0.1, 0.15) is 10.7 Å². The molecule has 1 unspecified atom stereocenters. The first-order valence-corrected chi connectivity index (χ1v) is 14.8. The lowest BCUT2D eigenvalue weighted by Gasteiger charge is -2.28. The molecule has 0 spiro atoms. The average molecular weight is 593 g/mol. The zero-order valence-corrected chi connectivity index (χ0v) is 23.5. The molecule has 0 radical (unpaired) electrons. The van der Waals surface area contributed by atoms with E-state index < -0.39 is 20.7 Å². The molecule has 0 bridgehead atoms. The molecule has 1 aliphatic rings. The zero-order chi connectivity index (χ0) is 26.0. The summed E-state index contributed by atoms with van der Waals surface area (Å²) in [7, 11) is -4.43. The van der Waals surface area contributed by atoms with Crippen LogP contribution < -0.4 is 14.0 Å². The maximum absolute atomic E-state index is 15.1. The summed E-state index contributed by atoms with van der Waals surface area (Å²) >= 11 is 19.9. The smallest absolute Gasteiger partial charge is 0.282 e. The molecule has 1 aromatic heterocycles. The number of aromatic nitrogens is 1. The number of thiazole rings is 1. The van der Waals surface area contributed by atoms with Crippen molar-refractivity contribution in [3.05, 3.63) is 57.1 Å². The fourth-order valence-electron chi connectivity index (χ4n) is 4.34. The fraction of sp³-hybridized carbons (Fsp3) is 0.348. The van der Waals surface area contributed by atoms with Gasteiger partial charge in [-0.25, -0.2) is 9.37 Å². The summed E-state index contributed by atoms with van der Waals surface area (Å²) in [5.41, 5.74) is 3.18. The minimum Gasteiger partial charge on any atom is -0.368 e. The number of hydrogen-bond donors (Lipinski definition) is 1. The number of nitrogens with one attached hydrogen (secondary N) is 1. The van der Waals surface area contributed by atoms with Gasteiger partial charge in [0.25, 0.3) is 10.0 Å². The summed E-state index contributed by atoms with van der Waals surface area (Å²) in [6.45, 7) is 7.93. The fourth-order valence-corrected chi connectivity index (χ4v) is 6.83. The number of likely N-dealkylation sites (N-methyl/N-ethyl adjacent to an activating group) is 1. The molecular weight excluding hydrogens is 568 g/mol. The standard InChI is InChI=1S/C23H25Cl3FN5O2S2/c1-3-30(4-2)16-7-8-31(12-16)21-9-15(24)5-6-19(21)29-20-11-18(27)22(10-17(20)25)36(33,34)32(26)23-13-35-14-28-23/h5-6,9-11,13-14,16,29H,3-4,7-8,12H2,1-2H3. The molecule has 1 atom stereocenters. The van der Waals surface area contributed by atoms with Crippen molar-refractivity contribution in [3.63, 3.8) is 0 Å². The molecule has 0 saturated carbocycles. The number of hydrogen-bond acceptors (Lipinski definition) is 7. The molecule has 4 rings (SSSR count). The Bertz CT molecular complexity index is 1320. The van der Waals surface area contributed by atoms with Crippen molar-refractivity contribution in [2.45, 2.75) is 31.2 Å². The van der Waals surface area contributed by atoms with Crippen LogP contribution in [0.5, 0.6) is 0 Å². The van der Waals surface area contributed by atoms with Gasteiger partial charge in [-0.05, 0) is 43.8 Å². The monoisotopic (exact) mass is 591 g/mol. The lowest BCUT2D eigenvalue weighted by atomic mass is 10.2. The predicted molar refractivity (Wildman–Crippen MR) is 147 cm³/mol. The van der Waals surface area contributed by atoms with E-state index in [1.807, 2.05) is 6.07 Å². The molecule has 1 saturated heterocycles. The Morgan fingerprint density at radius 1 is 1.19 bits per heavy atom. The van der Waals surface area contributed by atoms with Crippen LogP contribution in [-0.4, -0.2) is 50.5 Å². The first-order valence-electron chi connectivity index (χ1n) is 11.3. The molecule has 1 fully saturated rings. The van der Waals surface area contributed by atoms with Gasteiger partial charge in [-0.1, -0.05) is 37.0 Å². The van der Waals surface area contributed by atoms with E-state index in [-0.39, 0.29) is 16.5 Å². The van der Waals surface area contributed by atoms with Crippen LogP contribution in [0.4, 0.5) is 27.3 Å². The number of halogens is 4. The Labute approximate surface area is 229 Å². The van der Waals surface area contributed by atoms with Crippen LogP contribution in [-0.2, 0) is 10.0 Å². The van der Waals surface area contributed by atoms with Gasteiger partial charge in [0.05, 0.1) is 27.6 Å². The second-order valence-electron chi connectivity index (χ2n) is 8.23. The van der Waals surface area contributed by atoms with E-state index in [9.17, 15) is 8.42 Å². The summed E-state index contributed by atoms with van der Waals surface area (Å²) < 4.78 is 41.3. The van der Waals surface area contributed by atoms with Gasteiger partial charge in [0.15, 0.2) is 5.82 Å². The van der Waals surface area contributed by atoms with Gasteiger partial charge in [-0.2, -0.15) is 12.2 Å². The van der Waals surface area contributed by atoms with Crippen LogP contribution in [0.2, 0.25) is 10.0 Å². The van der Waals surface area contributed by atoms with Crippen LogP contribution in [0.1, 0.15) is 20.3 Å². The summed E-state index contributed by atoms with van der Waals surface area (Å²) in [5.74, 6) is -1.03. The highest BCUT2D eigenvalue weighted by atomic mass is 35.5. The maximum atomic E-state index is 15.1. The number of nitrogens with zero attached hydrogens (tertiary/aromatic N) is 4. The zero-order valence-electron chi connectivity index (χ0n) is 19.6. The van der Waals surface area contributed by atoms with Crippen molar-refractivity contribution in [2.24, 2.45) is 0 Å². The van der Waals surface area contributed by atoms with Gasteiger partial charge in [0.2, 0.25) is 0 Å². The molecule has 1 N–H and O–H groups in total. The Balaban J connectivity index is 1.62. The van der Waals surface area contributed by atoms with E-state index in [1.54, 1.807) is 12.1 Å². The Morgan fingerprint density at radius 3 is 2.61 bits per heavy atom.